The molecule has 0 bridgehead atoms. The molecule has 9 nitrogen and oxygen atoms in total. The largest absolute Gasteiger partial charge is 0.481 e. The molecule has 4 rings (SSSR count). The Morgan fingerprint density at radius 1 is 0.952 bits per heavy atom. The van der Waals surface area contributed by atoms with Crippen molar-refractivity contribution in [1.82, 2.24) is 9.72 Å². The first-order chi connectivity index (χ1) is 19.9. The highest BCUT2D eigenvalue weighted by Crippen LogP contribution is 2.43. The number of benzene rings is 2. The zero-order valence-electron chi connectivity index (χ0n) is 23.5. The number of carbonyl (C=O) groups excluding carboxylic acids is 1. The van der Waals surface area contributed by atoms with Gasteiger partial charge < -0.3 is 29.7 Å². The summed E-state index contributed by atoms with van der Waals surface area (Å²) in [7, 11) is 0. The van der Waals surface area contributed by atoms with Crippen LogP contribution < -0.4 is 5.32 Å². The average molecular weight is 582 g/mol. The molecule has 0 spiro atoms. The molecule has 4 aromatic rings. The fourth-order valence-corrected chi connectivity index (χ4v) is 5.12. The molecule has 0 fully saturated rings. The second-order valence-electron chi connectivity index (χ2n) is 10.5. The highest BCUT2D eigenvalue weighted by Gasteiger charge is 2.31. The summed E-state index contributed by atoms with van der Waals surface area (Å²) in [6, 6.07) is 12.7. The lowest BCUT2D eigenvalue weighted by atomic mass is 9.92. The van der Waals surface area contributed by atoms with E-state index in [2.05, 4.69) is 10.5 Å². The summed E-state index contributed by atoms with van der Waals surface area (Å²) >= 11 is 0. The molecule has 2 aromatic carbocycles. The van der Waals surface area contributed by atoms with E-state index in [9.17, 15) is 28.6 Å². The van der Waals surface area contributed by atoms with Crippen molar-refractivity contribution in [2.24, 2.45) is 0 Å². The lowest BCUT2D eigenvalue weighted by molar-refractivity contribution is -0.139. The van der Waals surface area contributed by atoms with E-state index < -0.39 is 42.1 Å². The van der Waals surface area contributed by atoms with E-state index in [1.807, 2.05) is 18.4 Å². The van der Waals surface area contributed by atoms with Crippen LogP contribution >= 0.6 is 0 Å². The number of aryl methyl sites for hydroxylation is 1. The number of aliphatic hydroxyl groups is 2. The topological polar surface area (TPSA) is 138 Å². The van der Waals surface area contributed by atoms with Crippen LogP contribution in [0.25, 0.3) is 22.3 Å². The van der Waals surface area contributed by atoms with Gasteiger partial charge in [-0.15, -0.1) is 0 Å². The number of carbonyl (C=O) groups is 2. The van der Waals surface area contributed by atoms with E-state index in [1.165, 1.54) is 24.3 Å². The molecular formula is C31H33F2N3O6. The fourth-order valence-electron chi connectivity index (χ4n) is 5.12. The summed E-state index contributed by atoms with van der Waals surface area (Å²) in [4.78, 5) is 24.9. The molecule has 4 N–H and O–H groups in total. The minimum atomic E-state index is -1.23. The van der Waals surface area contributed by atoms with Gasteiger partial charge in [-0.1, -0.05) is 29.4 Å². The van der Waals surface area contributed by atoms with Gasteiger partial charge in [-0.25, -0.2) is 8.78 Å². The number of rotatable bonds is 12. The molecule has 0 radical (unpaired) electrons. The van der Waals surface area contributed by atoms with Gasteiger partial charge in [-0.2, -0.15) is 0 Å². The third-order valence-electron chi connectivity index (χ3n) is 6.84. The van der Waals surface area contributed by atoms with Crippen LogP contribution in [0.15, 0.2) is 59.1 Å². The summed E-state index contributed by atoms with van der Waals surface area (Å²) in [5.74, 6) is -1.90. The lowest BCUT2D eigenvalue weighted by Crippen LogP contribution is -2.23. The summed E-state index contributed by atoms with van der Waals surface area (Å²) in [5, 5.41) is 36.3. The molecule has 0 aliphatic rings. The second kappa shape index (κ2) is 13.1. The molecule has 222 valence electrons. The van der Waals surface area contributed by atoms with E-state index in [1.54, 1.807) is 37.3 Å². The number of halogens is 2. The third kappa shape index (κ3) is 7.10. The van der Waals surface area contributed by atoms with Gasteiger partial charge in [-0.05, 0) is 75.4 Å². The van der Waals surface area contributed by atoms with Crippen molar-refractivity contribution in [2.75, 3.05) is 5.32 Å². The summed E-state index contributed by atoms with van der Waals surface area (Å²) in [5.41, 5.74) is 3.09. The summed E-state index contributed by atoms with van der Waals surface area (Å²) in [6.07, 6.45) is -2.57. The van der Waals surface area contributed by atoms with Crippen LogP contribution in [0.1, 0.15) is 61.1 Å². The van der Waals surface area contributed by atoms with Crippen LogP contribution in [-0.2, 0) is 11.2 Å². The maximum atomic E-state index is 14.0. The van der Waals surface area contributed by atoms with Crippen molar-refractivity contribution in [3.8, 4) is 22.3 Å². The SMILES string of the molecule is Cc1cc(NC(=O)c2c(-c3ccc(F)cc3)c(-c3ccc(F)cc3)c(CC[C@@H](O)C[C@@H](O)CC(=O)O)n2C(C)C)no1. The number of nitrogens with zero attached hydrogens (tertiary/aromatic N) is 2. The number of carboxylic acid groups (broad SMARTS) is 1. The summed E-state index contributed by atoms with van der Waals surface area (Å²) in [6.45, 7) is 5.46. The van der Waals surface area contributed by atoms with Crippen molar-refractivity contribution < 1.29 is 38.2 Å². The molecule has 0 aliphatic carbocycles. The molecule has 2 aromatic heterocycles. The number of nitrogens with one attached hydrogen (secondary N) is 1. The molecule has 2 heterocycles. The van der Waals surface area contributed by atoms with Crippen molar-refractivity contribution in [2.45, 2.75) is 64.7 Å². The van der Waals surface area contributed by atoms with E-state index >= 15 is 0 Å². The molecule has 0 unspecified atom stereocenters. The Labute approximate surface area is 241 Å². The maximum absolute atomic E-state index is 14.0. The zero-order chi connectivity index (χ0) is 30.6. The Kier molecular flexibility index (Phi) is 9.54. The Balaban J connectivity index is 1.91. The molecule has 1 amide bonds. The van der Waals surface area contributed by atoms with Gasteiger partial charge in [0.25, 0.3) is 5.91 Å². The predicted molar refractivity (Wildman–Crippen MR) is 152 cm³/mol. The van der Waals surface area contributed by atoms with Crippen LogP contribution in [0.5, 0.6) is 0 Å². The predicted octanol–water partition coefficient (Wildman–Crippen LogP) is 5.75. The minimum absolute atomic E-state index is 0.133. The van der Waals surface area contributed by atoms with E-state index in [0.717, 1.165) is 0 Å². The second-order valence-corrected chi connectivity index (χ2v) is 10.5. The fraction of sp³-hybridized carbons (Fsp3) is 0.323. The van der Waals surface area contributed by atoms with Crippen molar-refractivity contribution in [3.05, 3.63) is 83.4 Å². The van der Waals surface area contributed by atoms with Gasteiger partial charge in [0.15, 0.2) is 5.82 Å². The minimum Gasteiger partial charge on any atom is -0.481 e. The van der Waals surface area contributed by atoms with Crippen LogP contribution in [0.3, 0.4) is 0 Å². The number of aromatic nitrogens is 2. The highest BCUT2D eigenvalue weighted by atomic mass is 19.1. The van der Waals surface area contributed by atoms with Crippen LogP contribution in [0, 0.1) is 18.6 Å². The van der Waals surface area contributed by atoms with Gasteiger partial charge in [0.2, 0.25) is 0 Å². The lowest BCUT2D eigenvalue weighted by Gasteiger charge is -2.20. The van der Waals surface area contributed by atoms with E-state index in [4.69, 9.17) is 9.63 Å². The number of aliphatic carboxylic acids is 1. The maximum Gasteiger partial charge on any atom is 0.305 e. The molecular weight excluding hydrogens is 548 g/mol. The first kappa shape index (κ1) is 30.6. The number of hydrogen-bond donors (Lipinski definition) is 4. The molecule has 0 saturated heterocycles. The molecule has 11 heteroatoms. The van der Waals surface area contributed by atoms with Gasteiger partial charge in [0.1, 0.15) is 23.1 Å². The number of hydrogen-bond acceptors (Lipinski definition) is 6. The Morgan fingerprint density at radius 3 is 2.02 bits per heavy atom. The quantitative estimate of drug-likeness (QED) is 0.167. The van der Waals surface area contributed by atoms with Crippen molar-refractivity contribution in [1.29, 1.82) is 0 Å². The van der Waals surface area contributed by atoms with E-state index in [-0.39, 0.29) is 36.8 Å². The first-order valence-electron chi connectivity index (χ1n) is 13.6. The van der Waals surface area contributed by atoms with Crippen LogP contribution in [-0.4, -0.2) is 49.1 Å². The van der Waals surface area contributed by atoms with Crippen LogP contribution in [0.2, 0.25) is 0 Å². The monoisotopic (exact) mass is 581 g/mol. The first-order valence-corrected chi connectivity index (χ1v) is 13.6. The number of anilines is 1. The summed E-state index contributed by atoms with van der Waals surface area (Å²) < 4.78 is 34.9. The third-order valence-corrected chi connectivity index (χ3v) is 6.84. The molecule has 42 heavy (non-hydrogen) atoms. The smallest absolute Gasteiger partial charge is 0.305 e. The Hall–Kier alpha value is -4.35. The normalized spacial score (nSPS) is 12.9. The molecule has 0 saturated carbocycles. The number of carboxylic acids is 1. The van der Waals surface area contributed by atoms with Crippen LogP contribution in [0.4, 0.5) is 14.6 Å². The standard InChI is InChI=1S/C31H33F2N3O6/c1-17(2)36-25(13-12-23(37)15-24(38)16-27(39)40)28(19-4-8-21(32)9-5-19)29(20-6-10-22(33)11-7-20)30(36)31(41)34-26-14-18(3)42-35-26/h4-11,14,17,23-24,37-38H,12-13,15-16H2,1-3H3,(H,39,40)(H,34,35,41)/t23-,24-/m1/s1. The average Bonchev–Trinajstić information content (AvgIpc) is 3.48. The van der Waals surface area contributed by atoms with Gasteiger partial charge in [0.05, 0.1) is 18.6 Å². The number of aliphatic hydroxyl groups excluding tert-OH is 2. The Morgan fingerprint density at radius 2 is 1.52 bits per heavy atom. The zero-order valence-corrected chi connectivity index (χ0v) is 23.5. The number of amides is 1. The van der Waals surface area contributed by atoms with Gasteiger partial charge >= 0.3 is 5.97 Å². The Bertz CT molecular complexity index is 1540. The molecule has 0 aliphatic heterocycles. The highest BCUT2D eigenvalue weighted by molar-refractivity contribution is 6.10. The van der Waals surface area contributed by atoms with E-state index in [0.29, 0.717) is 33.7 Å². The van der Waals surface area contributed by atoms with Crippen molar-refractivity contribution >= 4 is 17.7 Å². The van der Waals surface area contributed by atoms with Gasteiger partial charge in [-0.3, -0.25) is 9.59 Å². The molecule has 2 atom stereocenters. The van der Waals surface area contributed by atoms with Gasteiger partial charge in [0, 0.05) is 28.9 Å². The van der Waals surface area contributed by atoms with Crippen molar-refractivity contribution in [3.63, 3.8) is 0 Å².